The highest BCUT2D eigenvalue weighted by Gasteiger charge is 2.35. The van der Waals surface area contributed by atoms with Gasteiger partial charge >= 0.3 is 22.8 Å². The minimum Gasteiger partial charge on any atom is -0.283 e. The summed E-state index contributed by atoms with van der Waals surface area (Å²) in [6.45, 7) is 17.5. The average molecular weight is 335 g/mol. The van der Waals surface area contributed by atoms with Gasteiger partial charge in [0.25, 0.3) is 0 Å². The van der Waals surface area contributed by atoms with Gasteiger partial charge in [-0.25, -0.2) is 0 Å². The van der Waals surface area contributed by atoms with E-state index in [4.69, 9.17) is 4.84 Å². The molecule has 0 saturated carbocycles. The van der Waals surface area contributed by atoms with Gasteiger partial charge in [0.2, 0.25) is 0 Å². The van der Waals surface area contributed by atoms with Crippen molar-refractivity contribution >= 4 is 24.3 Å². The van der Waals surface area contributed by atoms with Crippen LogP contribution >= 0.6 is 0 Å². The standard InChI is InChI=1S/C16H22N2O2.2C2H6/c1-6-10-14-16(12-8-3)18(20-5)15(11-7-2)13(9-4)17(14)19;2*1-2/h6-12,19H,4H2,1-3,5H3;2*1-2H3/q+2;;/b10-6-,11-7-,12-8-;;. The lowest BCUT2D eigenvalue weighted by atomic mass is 10.2. The Bertz CT molecular complexity index is 586. The van der Waals surface area contributed by atoms with Gasteiger partial charge in [-0.15, -0.1) is 0 Å². The molecule has 4 heteroatoms. The first-order chi connectivity index (χ1) is 11.7. The highest BCUT2D eigenvalue weighted by atomic mass is 16.6. The minimum absolute atomic E-state index is 0.561. The van der Waals surface area contributed by atoms with E-state index in [0.717, 1.165) is 10.4 Å². The molecule has 134 valence electrons. The Kier molecular flexibility index (Phi) is 14.2. The third kappa shape index (κ3) is 5.69. The molecule has 24 heavy (non-hydrogen) atoms. The van der Waals surface area contributed by atoms with E-state index in [1.807, 2.05) is 84.9 Å². The molecule has 4 nitrogen and oxygen atoms in total. The van der Waals surface area contributed by atoms with Crippen molar-refractivity contribution < 1.29 is 19.5 Å². The number of aromatic nitrogens is 2. The minimum atomic E-state index is 0.561. The molecule has 1 N–H and O–H groups in total. The van der Waals surface area contributed by atoms with E-state index >= 15 is 0 Å². The monoisotopic (exact) mass is 334 g/mol. The van der Waals surface area contributed by atoms with Crippen LogP contribution in [0.3, 0.4) is 0 Å². The zero-order valence-corrected chi connectivity index (χ0v) is 16.5. The average Bonchev–Trinajstić information content (AvgIpc) is 2.63. The van der Waals surface area contributed by atoms with Crippen LogP contribution in [0.15, 0.2) is 24.8 Å². The van der Waals surface area contributed by atoms with Crippen LogP contribution in [-0.4, -0.2) is 12.3 Å². The van der Waals surface area contributed by atoms with Crippen molar-refractivity contribution in [1.82, 2.24) is 0 Å². The van der Waals surface area contributed by atoms with Gasteiger partial charge in [-0.1, -0.05) is 52.5 Å². The van der Waals surface area contributed by atoms with E-state index < -0.39 is 0 Å². The number of allylic oxidation sites excluding steroid dienone is 3. The smallest absolute Gasteiger partial charge is 0.283 e. The summed E-state index contributed by atoms with van der Waals surface area (Å²) in [7, 11) is 1.59. The molecule has 1 heterocycles. The summed E-state index contributed by atoms with van der Waals surface area (Å²) >= 11 is 0. The van der Waals surface area contributed by atoms with Crippen LogP contribution in [0, 0.1) is 0 Å². The molecule has 1 aromatic rings. The first-order valence-corrected chi connectivity index (χ1v) is 8.48. The maximum absolute atomic E-state index is 10.4. The van der Waals surface area contributed by atoms with Crippen molar-refractivity contribution in [3.05, 3.63) is 47.6 Å². The normalized spacial score (nSPS) is 10.3. The molecule has 0 atom stereocenters. The molecule has 0 bridgehead atoms. The third-order valence-electron chi connectivity index (χ3n) is 2.77. The zero-order chi connectivity index (χ0) is 19.1. The van der Waals surface area contributed by atoms with Crippen molar-refractivity contribution in [2.75, 3.05) is 7.11 Å². The molecular weight excluding hydrogens is 300 g/mol. The van der Waals surface area contributed by atoms with Gasteiger partial charge in [0.1, 0.15) is 7.11 Å². The fourth-order valence-electron chi connectivity index (χ4n) is 2.01. The summed E-state index contributed by atoms with van der Waals surface area (Å²) in [5, 5.41) is 10.4. The number of hydrogen-bond donors (Lipinski definition) is 1. The van der Waals surface area contributed by atoms with Crippen LogP contribution < -0.4 is 14.3 Å². The van der Waals surface area contributed by atoms with Crippen LogP contribution in [-0.2, 0) is 0 Å². The van der Waals surface area contributed by atoms with Gasteiger partial charge in [0.05, 0.1) is 0 Å². The lowest BCUT2D eigenvalue weighted by molar-refractivity contribution is -0.941. The van der Waals surface area contributed by atoms with Crippen LogP contribution in [0.5, 0.6) is 0 Å². The maximum Gasteiger partial charge on any atom is 0.333 e. The fraction of sp³-hybridized carbons (Fsp3) is 0.400. The third-order valence-corrected chi connectivity index (χ3v) is 2.77. The number of nitrogens with zero attached hydrogens (tertiary/aromatic N) is 2. The van der Waals surface area contributed by atoms with Gasteiger partial charge in [-0.05, 0) is 20.8 Å². The van der Waals surface area contributed by atoms with Crippen molar-refractivity contribution in [1.29, 1.82) is 0 Å². The largest absolute Gasteiger partial charge is 0.333 e. The summed E-state index contributed by atoms with van der Waals surface area (Å²) in [5.74, 6) is 0. The second-order valence-corrected chi connectivity index (χ2v) is 4.03. The second-order valence-electron chi connectivity index (χ2n) is 4.03. The molecular formula is C20H34N2O2+2. The molecule has 1 aromatic heterocycles. The maximum atomic E-state index is 10.4. The summed E-state index contributed by atoms with van der Waals surface area (Å²) < 4.78 is 2.78. The predicted octanol–water partition coefficient (Wildman–Crippen LogP) is 4.35. The summed E-state index contributed by atoms with van der Waals surface area (Å²) in [4.78, 5) is 5.47. The summed E-state index contributed by atoms with van der Waals surface area (Å²) in [6.07, 6.45) is 12.8. The van der Waals surface area contributed by atoms with E-state index in [2.05, 4.69) is 6.58 Å². The first kappa shape index (κ1) is 23.9. The molecule has 0 aliphatic rings. The van der Waals surface area contributed by atoms with Crippen LogP contribution in [0.2, 0.25) is 0 Å². The Hall–Kier alpha value is -2.36. The van der Waals surface area contributed by atoms with Gasteiger partial charge in [-0.3, -0.25) is 10.0 Å². The van der Waals surface area contributed by atoms with Crippen molar-refractivity contribution in [2.24, 2.45) is 0 Å². The first-order valence-electron chi connectivity index (χ1n) is 8.48. The Balaban J connectivity index is 0. The Morgan fingerprint density at radius 2 is 1.17 bits per heavy atom. The molecule has 0 saturated heterocycles. The molecule has 0 spiro atoms. The Morgan fingerprint density at radius 1 is 0.792 bits per heavy atom. The Morgan fingerprint density at radius 3 is 1.50 bits per heavy atom. The van der Waals surface area contributed by atoms with E-state index in [9.17, 15) is 5.21 Å². The van der Waals surface area contributed by atoms with Crippen molar-refractivity contribution in [2.45, 2.75) is 48.5 Å². The van der Waals surface area contributed by atoms with Crippen LogP contribution in [0.25, 0.3) is 24.3 Å². The number of rotatable bonds is 5. The molecule has 0 amide bonds. The zero-order valence-electron chi connectivity index (χ0n) is 16.5. The number of hydrogen-bond acceptors (Lipinski definition) is 2. The second kappa shape index (κ2) is 14.2. The quantitative estimate of drug-likeness (QED) is 0.642. The highest BCUT2D eigenvalue weighted by Crippen LogP contribution is 2.11. The van der Waals surface area contributed by atoms with E-state index in [0.29, 0.717) is 17.1 Å². The molecule has 1 rings (SSSR count). The van der Waals surface area contributed by atoms with E-state index in [-0.39, 0.29) is 0 Å². The summed E-state index contributed by atoms with van der Waals surface area (Å²) in [5.41, 5.74) is 2.64. The molecule has 0 radical (unpaired) electrons. The van der Waals surface area contributed by atoms with Gasteiger partial charge < -0.3 is 0 Å². The molecule has 0 aliphatic carbocycles. The summed E-state index contributed by atoms with van der Waals surface area (Å²) in [6, 6.07) is 0. The van der Waals surface area contributed by atoms with E-state index in [1.165, 1.54) is 0 Å². The lowest BCUT2D eigenvalue weighted by Gasteiger charge is -2.03. The molecule has 0 fully saturated rings. The molecule has 0 aliphatic heterocycles. The van der Waals surface area contributed by atoms with Crippen molar-refractivity contribution in [3.63, 3.8) is 0 Å². The Labute approximate surface area is 147 Å². The van der Waals surface area contributed by atoms with E-state index in [1.54, 1.807) is 17.9 Å². The van der Waals surface area contributed by atoms with Crippen LogP contribution in [0.1, 0.15) is 71.2 Å². The SMILES string of the molecule is C=Cc1c(/C=C\C)[n+](OC)c(/C=C\C)c(/C=C\C)[n+]1O.CC.CC. The molecule has 0 aromatic carbocycles. The van der Waals surface area contributed by atoms with Gasteiger partial charge in [0, 0.05) is 33.8 Å². The highest BCUT2D eigenvalue weighted by molar-refractivity contribution is 5.59. The van der Waals surface area contributed by atoms with Gasteiger partial charge in [0.15, 0.2) is 0 Å². The fourth-order valence-corrected chi connectivity index (χ4v) is 2.01. The van der Waals surface area contributed by atoms with Crippen LogP contribution in [0.4, 0.5) is 0 Å². The lowest BCUT2D eigenvalue weighted by Crippen LogP contribution is -2.54. The predicted molar refractivity (Wildman–Crippen MR) is 103 cm³/mol. The van der Waals surface area contributed by atoms with Gasteiger partial charge in [-0.2, -0.15) is 0 Å². The van der Waals surface area contributed by atoms with Crippen molar-refractivity contribution in [3.8, 4) is 0 Å². The topological polar surface area (TPSA) is 37.2 Å². The molecule has 0 unspecified atom stereocenters.